The van der Waals surface area contributed by atoms with Gasteiger partial charge in [0.1, 0.15) is 5.75 Å². The molecule has 8 heteroatoms. The SMILES string of the molecule is NC(=O)c1cccc(Oc2ccc(NC(=O)C3CCCc4[nH]ncc43)cn2)c1. The third-order valence-corrected chi connectivity index (χ3v) is 4.71. The molecule has 8 nitrogen and oxygen atoms in total. The van der Waals surface area contributed by atoms with Gasteiger partial charge in [-0.25, -0.2) is 4.98 Å². The van der Waals surface area contributed by atoms with Crippen LogP contribution < -0.4 is 15.8 Å². The van der Waals surface area contributed by atoms with Crippen LogP contribution in [0.5, 0.6) is 11.6 Å². The number of pyridine rings is 1. The van der Waals surface area contributed by atoms with E-state index in [4.69, 9.17) is 10.5 Å². The van der Waals surface area contributed by atoms with Crippen LogP contribution in [0.1, 0.15) is 40.4 Å². The normalized spacial score (nSPS) is 15.5. The van der Waals surface area contributed by atoms with Gasteiger partial charge in [-0.3, -0.25) is 14.7 Å². The summed E-state index contributed by atoms with van der Waals surface area (Å²) in [5.41, 5.74) is 8.20. The van der Waals surface area contributed by atoms with Crippen LogP contribution in [0.25, 0.3) is 0 Å². The number of nitrogens with one attached hydrogen (secondary N) is 2. The van der Waals surface area contributed by atoms with Crippen molar-refractivity contribution < 1.29 is 14.3 Å². The Hall–Kier alpha value is -3.68. The maximum atomic E-state index is 12.6. The molecule has 1 aliphatic rings. The van der Waals surface area contributed by atoms with Crippen LogP contribution in [0.3, 0.4) is 0 Å². The van der Waals surface area contributed by atoms with E-state index < -0.39 is 5.91 Å². The molecule has 0 saturated carbocycles. The van der Waals surface area contributed by atoms with Gasteiger partial charge in [-0.15, -0.1) is 0 Å². The highest BCUT2D eigenvalue weighted by Gasteiger charge is 2.28. The Bertz CT molecular complexity index is 1010. The quantitative estimate of drug-likeness (QED) is 0.631. The van der Waals surface area contributed by atoms with E-state index in [1.54, 1.807) is 42.6 Å². The molecule has 4 N–H and O–H groups in total. The summed E-state index contributed by atoms with van der Waals surface area (Å²) < 4.78 is 5.64. The van der Waals surface area contributed by atoms with E-state index in [1.807, 2.05) is 0 Å². The van der Waals surface area contributed by atoms with Gasteiger partial charge in [0.05, 0.1) is 24.0 Å². The van der Waals surface area contributed by atoms with E-state index in [9.17, 15) is 9.59 Å². The van der Waals surface area contributed by atoms with Gasteiger partial charge < -0.3 is 15.8 Å². The summed E-state index contributed by atoms with van der Waals surface area (Å²) in [7, 11) is 0. The molecular weight excluding hydrogens is 358 g/mol. The van der Waals surface area contributed by atoms with Crippen LogP contribution in [0, 0.1) is 0 Å². The number of aryl methyl sites for hydroxylation is 1. The number of aromatic nitrogens is 3. The summed E-state index contributed by atoms with van der Waals surface area (Å²) in [6.45, 7) is 0. The molecule has 1 unspecified atom stereocenters. The number of nitrogens with two attached hydrogens (primary N) is 1. The van der Waals surface area contributed by atoms with Crippen molar-refractivity contribution in [2.45, 2.75) is 25.2 Å². The van der Waals surface area contributed by atoms with Gasteiger partial charge >= 0.3 is 0 Å². The van der Waals surface area contributed by atoms with Crippen molar-refractivity contribution in [3.8, 4) is 11.6 Å². The Kier molecular flexibility index (Phi) is 4.76. The first-order valence-electron chi connectivity index (χ1n) is 8.97. The van der Waals surface area contributed by atoms with E-state index in [1.165, 1.54) is 6.20 Å². The standard InChI is InChI=1S/C20H19N5O3/c21-19(26)12-3-1-4-14(9-12)28-18-8-7-13(10-22-18)24-20(27)15-5-2-6-17-16(15)11-23-25-17/h1,3-4,7-11,15H,2,5-6H2,(H2,21,26)(H,23,25)(H,24,27). The number of nitrogens with zero attached hydrogens (tertiary/aromatic N) is 2. The highest BCUT2D eigenvalue weighted by Crippen LogP contribution is 2.31. The van der Waals surface area contributed by atoms with Crippen molar-refractivity contribution in [2.24, 2.45) is 5.73 Å². The van der Waals surface area contributed by atoms with Gasteiger partial charge in [-0.2, -0.15) is 5.10 Å². The molecular formula is C20H19N5O3. The molecule has 2 heterocycles. The molecule has 1 aromatic carbocycles. The van der Waals surface area contributed by atoms with E-state index >= 15 is 0 Å². The number of benzene rings is 1. The van der Waals surface area contributed by atoms with Crippen LogP contribution in [-0.2, 0) is 11.2 Å². The van der Waals surface area contributed by atoms with Crippen molar-refractivity contribution in [1.29, 1.82) is 0 Å². The summed E-state index contributed by atoms with van der Waals surface area (Å²) in [5, 5.41) is 9.91. The number of anilines is 1. The number of amides is 2. The molecule has 2 aromatic heterocycles. The van der Waals surface area contributed by atoms with Gasteiger partial charge in [-0.05, 0) is 43.5 Å². The van der Waals surface area contributed by atoms with Gasteiger partial charge in [0.25, 0.3) is 0 Å². The molecule has 1 aliphatic carbocycles. The highest BCUT2D eigenvalue weighted by molar-refractivity contribution is 5.96. The number of fused-ring (bicyclic) bond motifs is 1. The lowest BCUT2D eigenvalue weighted by Gasteiger charge is -2.21. The lowest BCUT2D eigenvalue weighted by molar-refractivity contribution is -0.117. The Morgan fingerprint density at radius 2 is 2.11 bits per heavy atom. The lowest BCUT2D eigenvalue weighted by Crippen LogP contribution is -2.24. The smallest absolute Gasteiger partial charge is 0.248 e. The Balaban J connectivity index is 1.42. The Labute approximate surface area is 161 Å². The van der Waals surface area contributed by atoms with Crippen LogP contribution in [0.2, 0.25) is 0 Å². The third-order valence-electron chi connectivity index (χ3n) is 4.71. The fourth-order valence-corrected chi connectivity index (χ4v) is 3.31. The molecule has 4 rings (SSSR count). The second kappa shape index (κ2) is 7.51. The molecule has 0 radical (unpaired) electrons. The zero-order chi connectivity index (χ0) is 19.5. The van der Waals surface area contributed by atoms with Crippen molar-refractivity contribution in [3.63, 3.8) is 0 Å². The number of ether oxygens (including phenoxy) is 1. The Morgan fingerprint density at radius 3 is 2.89 bits per heavy atom. The monoisotopic (exact) mass is 377 g/mol. The first-order valence-corrected chi connectivity index (χ1v) is 8.97. The molecule has 2 amide bonds. The largest absolute Gasteiger partial charge is 0.439 e. The maximum Gasteiger partial charge on any atom is 0.248 e. The molecule has 3 aromatic rings. The van der Waals surface area contributed by atoms with Crippen molar-refractivity contribution in [3.05, 3.63) is 65.6 Å². The van der Waals surface area contributed by atoms with Crippen molar-refractivity contribution >= 4 is 17.5 Å². The second-order valence-electron chi connectivity index (χ2n) is 6.62. The summed E-state index contributed by atoms with van der Waals surface area (Å²) in [4.78, 5) is 28.1. The minimum Gasteiger partial charge on any atom is -0.439 e. The molecule has 0 bridgehead atoms. The van der Waals surface area contributed by atoms with Crippen molar-refractivity contribution in [1.82, 2.24) is 15.2 Å². The molecule has 0 saturated heterocycles. The minimum absolute atomic E-state index is 0.0769. The molecule has 28 heavy (non-hydrogen) atoms. The highest BCUT2D eigenvalue weighted by atomic mass is 16.5. The summed E-state index contributed by atoms with van der Waals surface area (Å²) in [6.07, 6.45) is 5.92. The predicted molar refractivity (Wildman–Crippen MR) is 102 cm³/mol. The van der Waals surface area contributed by atoms with Crippen molar-refractivity contribution in [2.75, 3.05) is 5.32 Å². The van der Waals surface area contributed by atoms with Crippen LogP contribution in [-0.4, -0.2) is 27.0 Å². The fourth-order valence-electron chi connectivity index (χ4n) is 3.31. The molecule has 142 valence electrons. The zero-order valence-electron chi connectivity index (χ0n) is 15.0. The number of hydrogen-bond acceptors (Lipinski definition) is 5. The fraction of sp³-hybridized carbons (Fsp3) is 0.200. The summed E-state index contributed by atoms with van der Waals surface area (Å²) in [5.74, 6) is -0.0217. The predicted octanol–water partition coefficient (Wildman–Crippen LogP) is 2.75. The van der Waals surface area contributed by atoms with Crippen LogP contribution in [0.15, 0.2) is 48.8 Å². The van der Waals surface area contributed by atoms with E-state index in [-0.39, 0.29) is 11.8 Å². The number of carbonyl (C=O) groups excluding carboxylic acids is 2. The van der Waals surface area contributed by atoms with Gasteiger partial charge in [0, 0.05) is 22.9 Å². The van der Waals surface area contributed by atoms with Gasteiger partial charge in [0.15, 0.2) is 0 Å². The number of hydrogen-bond donors (Lipinski definition) is 3. The van der Waals surface area contributed by atoms with Gasteiger partial charge in [-0.1, -0.05) is 6.07 Å². The number of rotatable bonds is 5. The van der Waals surface area contributed by atoms with E-state index in [2.05, 4.69) is 20.5 Å². The number of primary amides is 1. The average Bonchev–Trinajstić information content (AvgIpc) is 3.18. The number of aromatic amines is 1. The molecule has 0 aliphatic heterocycles. The van der Waals surface area contributed by atoms with Crippen LogP contribution >= 0.6 is 0 Å². The summed E-state index contributed by atoms with van der Waals surface area (Å²) >= 11 is 0. The topological polar surface area (TPSA) is 123 Å². The van der Waals surface area contributed by atoms with Gasteiger partial charge in [0.2, 0.25) is 17.7 Å². The molecule has 0 spiro atoms. The third kappa shape index (κ3) is 3.71. The van der Waals surface area contributed by atoms with Crippen LogP contribution in [0.4, 0.5) is 5.69 Å². The van der Waals surface area contributed by atoms with E-state index in [0.717, 1.165) is 30.5 Å². The zero-order valence-corrected chi connectivity index (χ0v) is 15.0. The molecule has 1 atom stereocenters. The van der Waals surface area contributed by atoms with E-state index in [0.29, 0.717) is 22.9 Å². The average molecular weight is 377 g/mol. The first kappa shape index (κ1) is 17.7. The Morgan fingerprint density at radius 1 is 1.21 bits per heavy atom. The lowest BCUT2D eigenvalue weighted by atomic mass is 9.86. The molecule has 0 fully saturated rings. The summed E-state index contributed by atoms with van der Waals surface area (Å²) in [6, 6.07) is 9.91. The number of carbonyl (C=O) groups is 2. The maximum absolute atomic E-state index is 12.6. The second-order valence-corrected chi connectivity index (χ2v) is 6.62. The first-order chi connectivity index (χ1) is 13.6. The minimum atomic E-state index is -0.528. The number of H-pyrrole nitrogens is 1.